The van der Waals surface area contributed by atoms with Crippen molar-refractivity contribution in [3.8, 4) is 5.75 Å². The summed E-state index contributed by atoms with van der Waals surface area (Å²) in [6.07, 6.45) is 3.90. The van der Waals surface area contributed by atoms with Crippen LogP contribution in [0.1, 0.15) is 32.2 Å². The van der Waals surface area contributed by atoms with Crippen molar-refractivity contribution in [2.45, 2.75) is 32.2 Å². The van der Waals surface area contributed by atoms with Gasteiger partial charge in [0.05, 0.1) is 11.7 Å². The summed E-state index contributed by atoms with van der Waals surface area (Å²) in [5.74, 6) is 1.31. The highest BCUT2D eigenvalue weighted by Gasteiger charge is 2.28. The average molecular weight is 497 g/mol. The maximum absolute atomic E-state index is 13.1. The number of aromatic nitrogens is 3. The van der Waals surface area contributed by atoms with Crippen LogP contribution in [0.4, 0.5) is 17.5 Å². The zero-order chi connectivity index (χ0) is 24.5. The lowest BCUT2D eigenvalue weighted by Crippen LogP contribution is -2.45. The molecule has 3 aromatic rings. The first-order valence-electron chi connectivity index (χ1n) is 12.0. The molecule has 9 nitrogen and oxygen atoms in total. The van der Waals surface area contributed by atoms with Crippen LogP contribution in [0.2, 0.25) is 5.02 Å². The number of fused-ring (bicyclic) bond motifs is 1. The molecule has 2 fully saturated rings. The number of nitrogens with zero attached hydrogens (tertiary/aromatic N) is 5. The number of Topliss-reactive ketones (excluding diaryl/α,β-unsaturated/α-hetero) is 1. The molecule has 0 radical (unpaired) electrons. The van der Waals surface area contributed by atoms with Crippen LogP contribution in [0.25, 0.3) is 10.9 Å². The lowest BCUT2D eigenvalue weighted by molar-refractivity contribution is -0.120. The standard InChI is InChI=1S/C25H29ClN6O3/c1-3-19(33)15-35-22-13-16-12-17(4-7-21(16)32(24(22)34)18-5-6-18)28-23-20(26)14-27-25(29-23)31-10-8-30(2)9-11-31/h4,7,12-14,18H,3,5-6,8-11,15H2,1-2H3,(H,27,28,29). The zero-order valence-corrected chi connectivity index (χ0v) is 20.7. The molecule has 0 unspecified atom stereocenters. The Morgan fingerprint density at radius 2 is 1.97 bits per heavy atom. The number of hydrogen-bond donors (Lipinski definition) is 1. The molecule has 0 atom stereocenters. The zero-order valence-electron chi connectivity index (χ0n) is 20.0. The van der Waals surface area contributed by atoms with Crippen LogP contribution in [-0.2, 0) is 4.79 Å². The molecule has 0 amide bonds. The van der Waals surface area contributed by atoms with Gasteiger partial charge in [-0.15, -0.1) is 0 Å². The van der Waals surface area contributed by atoms with Crippen molar-refractivity contribution in [3.63, 3.8) is 0 Å². The molecule has 0 bridgehead atoms. The number of anilines is 3. The van der Waals surface area contributed by atoms with Gasteiger partial charge >= 0.3 is 0 Å². The van der Waals surface area contributed by atoms with Crippen LogP contribution < -0.4 is 20.5 Å². The van der Waals surface area contributed by atoms with E-state index in [0.717, 1.165) is 55.6 Å². The van der Waals surface area contributed by atoms with Crippen molar-refractivity contribution in [1.29, 1.82) is 0 Å². The summed E-state index contributed by atoms with van der Waals surface area (Å²) in [4.78, 5) is 38.4. The Bertz CT molecular complexity index is 1310. The second-order valence-corrected chi connectivity index (χ2v) is 9.56. The van der Waals surface area contributed by atoms with E-state index in [4.69, 9.17) is 16.3 Å². The number of ether oxygens (including phenoxy) is 1. The molecule has 3 heterocycles. The van der Waals surface area contributed by atoms with E-state index in [1.165, 1.54) is 0 Å². The van der Waals surface area contributed by atoms with Gasteiger partial charge in [0.2, 0.25) is 5.95 Å². The Balaban J connectivity index is 1.45. The van der Waals surface area contributed by atoms with E-state index in [1.54, 1.807) is 23.8 Å². The first kappa shape index (κ1) is 23.6. The Morgan fingerprint density at radius 1 is 1.20 bits per heavy atom. The number of carbonyl (C=O) groups excluding carboxylic acids is 1. The van der Waals surface area contributed by atoms with Gasteiger partial charge in [0.25, 0.3) is 5.56 Å². The average Bonchev–Trinajstić information content (AvgIpc) is 3.69. The number of rotatable bonds is 8. The monoisotopic (exact) mass is 496 g/mol. The summed E-state index contributed by atoms with van der Waals surface area (Å²) in [6.45, 7) is 5.29. The summed E-state index contributed by atoms with van der Waals surface area (Å²) in [7, 11) is 2.10. The maximum atomic E-state index is 13.1. The van der Waals surface area contributed by atoms with E-state index < -0.39 is 0 Å². The Labute approximate surface area is 208 Å². The van der Waals surface area contributed by atoms with E-state index >= 15 is 0 Å². The molecular weight excluding hydrogens is 468 g/mol. The SMILES string of the molecule is CCC(=O)COc1cc2cc(Nc3nc(N4CCN(C)CC4)ncc3Cl)ccc2n(C2CC2)c1=O. The topological polar surface area (TPSA) is 92.6 Å². The number of likely N-dealkylation sites (N-methyl/N-ethyl adjacent to an activating group) is 1. The van der Waals surface area contributed by atoms with Crippen LogP contribution in [0.5, 0.6) is 5.75 Å². The molecular formula is C25H29ClN6O3. The van der Waals surface area contributed by atoms with E-state index in [-0.39, 0.29) is 29.7 Å². The Morgan fingerprint density at radius 3 is 2.69 bits per heavy atom. The van der Waals surface area contributed by atoms with Gasteiger partial charge in [-0.1, -0.05) is 18.5 Å². The summed E-state index contributed by atoms with van der Waals surface area (Å²) < 4.78 is 7.42. The third-order valence-corrected chi connectivity index (χ3v) is 6.76. The molecule has 1 N–H and O–H groups in total. The highest BCUT2D eigenvalue weighted by molar-refractivity contribution is 6.32. The van der Waals surface area contributed by atoms with E-state index in [9.17, 15) is 9.59 Å². The summed E-state index contributed by atoms with van der Waals surface area (Å²) in [5, 5.41) is 4.57. The number of halogens is 1. The molecule has 0 spiro atoms. The van der Waals surface area contributed by atoms with Crippen molar-refractivity contribution in [1.82, 2.24) is 19.4 Å². The molecule has 1 aliphatic carbocycles. The fourth-order valence-electron chi connectivity index (χ4n) is 4.20. The molecule has 1 aromatic carbocycles. The van der Waals surface area contributed by atoms with E-state index in [2.05, 4.69) is 32.1 Å². The number of piperazine rings is 1. The minimum absolute atomic E-state index is 0.0487. The van der Waals surface area contributed by atoms with Gasteiger partial charge in [-0.25, -0.2) is 4.98 Å². The second-order valence-electron chi connectivity index (χ2n) is 9.15. The van der Waals surface area contributed by atoms with E-state index in [1.807, 2.05) is 18.2 Å². The minimum Gasteiger partial charge on any atom is -0.480 e. The molecule has 1 aliphatic heterocycles. The number of hydrogen-bond acceptors (Lipinski definition) is 8. The number of nitrogens with one attached hydrogen (secondary N) is 1. The van der Waals surface area contributed by atoms with Crippen LogP contribution in [-0.4, -0.2) is 65.1 Å². The van der Waals surface area contributed by atoms with Gasteiger partial charge in [-0.05, 0) is 44.2 Å². The van der Waals surface area contributed by atoms with Gasteiger partial charge in [0.1, 0.15) is 11.6 Å². The summed E-state index contributed by atoms with van der Waals surface area (Å²) in [6, 6.07) is 7.65. The number of ketones is 1. The van der Waals surface area contributed by atoms with Crippen molar-refractivity contribution in [2.24, 2.45) is 0 Å². The minimum atomic E-state index is -0.194. The quantitative estimate of drug-likeness (QED) is 0.505. The van der Waals surface area contributed by atoms with Crippen molar-refractivity contribution in [2.75, 3.05) is 50.1 Å². The van der Waals surface area contributed by atoms with Gasteiger partial charge in [0, 0.05) is 49.7 Å². The first-order valence-corrected chi connectivity index (χ1v) is 12.4. The number of benzene rings is 1. The summed E-state index contributed by atoms with van der Waals surface area (Å²) >= 11 is 6.42. The predicted octanol–water partition coefficient (Wildman–Crippen LogP) is 3.63. The lowest BCUT2D eigenvalue weighted by atomic mass is 10.1. The smallest absolute Gasteiger partial charge is 0.293 e. The number of pyridine rings is 1. The van der Waals surface area contributed by atoms with Gasteiger partial charge in [0.15, 0.2) is 17.4 Å². The van der Waals surface area contributed by atoms with Crippen molar-refractivity contribution >= 4 is 45.7 Å². The molecule has 10 heteroatoms. The third-order valence-electron chi connectivity index (χ3n) is 6.48. The first-order chi connectivity index (χ1) is 16.9. The normalized spacial score (nSPS) is 16.5. The van der Waals surface area contributed by atoms with E-state index in [0.29, 0.717) is 23.2 Å². The van der Waals surface area contributed by atoms with Crippen LogP contribution in [0.3, 0.4) is 0 Å². The lowest BCUT2D eigenvalue weighted by Gasteiger charge is -2.32. The highest BCUT2D eigenvalue weighted by Crippen LogP contribution is 2.37. The fourth-order valence-corrected chi connectivity index (χ4v) is 4.34. The number of carbonyl (C=O) groups is 1. The van der Waals surface area contributed by atoms with Crippen molar-refractivity contribution in [3.05, 3.63) is 45.8 Å². The van der Waals surface area contributed by atoms with Gasteiger partial charge in [-0.2, -0.15) is 4.98 Å². The van der Waals surface area contributed by atoms with Gasteiger partial charge < -0.3 is 24.4 Å². The van der Waals surface area contributed by atoms with Crippen molar-refractivity contribution < 1.29 is 9.53 Å². The van der Waals surface area contributed by atoms with Crippen LogP contribution in [0, 0.1) is 0 Å². The second kappa shape index (κ2) is 9.83. The van der Waals surface area contributed by atoms with Crippen LogP contribution >= 0.6 is 11.6 Å². The Hall–Kier alpha value is -3.17. The largest absolute Gasteiger partial charge is 0.480 e. The predicted molar refractivity (Wildman–Crippen MR) is 137 cm³/mol. The van der Waals surface area contributed by atoms with Gasteiger partial charge in [-0.3, -0.25) is 9.59 Å². The molecule has 35 heavy (non-hydrogen) atoms. The highest BCUT2D eigenvalue weighted by atomic mass is 35.5. The Kier molecular flexibility index (Phi) is 6.62. The fraction of sp³-hybridized carbons (Fsp3) is 0.440. The molecule has 2 aliphatic rings. The molecule has 1 saturated carbocycles. The molecule has 1 saturated heterocycles. The maximum Gasteiger partial charge on any atom is 0.293 e. The molecule has 184 valence electrons. The summed E-state index contributed by atoms with van der Waals surface area (Å²) in [5.41, 5.74) is 1.42. The molecule has 2 aromatic heterocycles. The van der Waals surface area contributed by atoms with Crippen LogP contribution in [0.15, 0.2) is 35.3 Å². The molecule has 5 rings (SSSR count). The third kappa shape index (κ3) is 5.11.